The maximum Gasteiger partial charge on any atom is 0.259 e. The number of amides is 3. The Kier molecular flexibility index (Phi) is 8.37. The molecule has 0 saturated carbocycles. The predicted molar refractivity (Wildman–Crippen MR) is 152 cm³/mol. The number of hydrogen-bond donors (Lipinski definition) is 2. The highest BCUT2D eigenvalue weighted by Crippen LogP contribution is 2.40. The van der Waals surface area contributed by atoms with Crippen LogP contribution in [0.15, 0.2) is 79.0 Å². The summed E-state index contributed by atoms with van der Waals surface area (Å²) in [5, 5.41) is 7.60. The topological polar surface area (TPSA) is 94.6 Å². The van der Waals surface area contributed by atoms with Crippen molar-refractivity contribution in [2.45, 2.75) is 6.42 Å². The lowest BCUT2D eigenvalue weighted by Crippen LogP contribution is -2.26. The zero-order valence-corrected chi connectivity index (χ0v) is 21.7. The molecule has 0 bridgehead atoms. The minimum atomic E-state index is -0.354. The number of pyridine rings is 1. The highest BCUT2D eigenvalue weighted by atomic mass is 35.5. The van der Waals surface area contributed by atoms with Crippen molar-refractivity contribution in [2.75, 3.05) is 34.5 Å². The van der Waals surface area contributed by atoms with Gasteiger partial charge in [-0.25, -0.2) is 4.98 Å². The van der Waals surface area contributed by atoms with E-state index in [1.165, 1.54) is 4.90 Å². The van der Waals surface area contributed by atoms with Gasteiger partial charge in [0.05, 0.1) is 16.9 Å². The fourth-order valence-electron chi connectivity index (χ4n) is 4.22. The molecule has 0 aliphatic carbocycles. The zero-order chi connectivity index (χ0) is 24.5. The number of nitrogens with zero attached hydrogens (tertiary/aromatic N) is 3. The molecule has 3 aromatic carbocycles. The summed E-state index contributed by atoms with van der Waals surface area (Å²) in [6.45, 7) is 0. The number of fused-ring (bicyclic) bond motifs is 3. The standard InChI is InChI=1S/C27H23N5O3.2ClH/c1-31(2)26-21(8-5-15-28-26)27(35)29-18-10-12-19(13-11-18)32-22-14-9-17-6-3-4-7-20(17)25(22)30-23(33)16-24(32)34;;/h3-15H,16H2,1-2H3,(H,29,35)(H,30,33);2*1H. The summed E-state index contributed by atoms with van der Waals surface area (Å²) in [4.78, 5) is 45.9. The van der Waals surface area contributed by atoms with Gasteiger partial charge in [-0.1, -0.05) is 30.3 Å². The molecule has 1 aromatic heterocycles. The number of carbonyl (C=O) groups is 3. The molecule has 1 aliphatic heterocycles. The minimum absolute atomic E-state index is 0. The first-order chi connectivity index (χ1) is 16.9. The minimum Gasteiger partial charge on any atom is -0.362 e. The Labute approximate surface area is 226 Å². The molecule has 0 saturated heterocycles. The van der Waals surface area contributed by atoms with E-state index in [1.807, 2.05) is 50.5 Å². The van der Waals surface area contributed by atoms with Gasteiger partial charge in [-0.05, 0) is 47.9 Å². The maximum absolute atomic E-state index is 13.1. The molecule has 0 atom stereocenters. The van der Waals surface area contributed by atoms with Gasteiger partial charge >= 0.3 is 0 Å². The molecule has 0 unspecified atom stereocenters. The van der Waals surface area contributed by atoms with Crippen molar-refractivity contribution >= 4 is 81.9 Å². The first-order valence-corrected chi connectivity index (χ1v) is 11.1. The molecular weight excluding hydrogens is 513 g/mol. The summed E-state index contributed by atoms with van der Waals surface area (Å²) in [7, 11) is 3.65. The van der Waals surface area contributed by atoms with Crippen molar-refractivity contribution in [3.63, 3.8) is 0 Å². The number of benzene rings is 3. The van der Waals surface area contributed by atoms with Crippen LogP contribution in [-0.2, 0) is 9.59 Å². The SMILES string of the molecule is CN(C)c1ncccc1C(=O)Nc1ccc(N2C(=O)CC(=O)Nc3c2ccc2ccccc32)cc1.Cl.Cl. The quantitative estimate of drug-likeness (QED) is 0.339. The van der Waals surface area contributed by atoms with Gasteiger partial charge in [0, 0.05) is 37.1 Å². The van der Waals surface area contributed by atoms with Crippen LogP contribution in [0.5, 0.6) is 0 Å². The molecule has 10 heteroatoms. The van der Waals surface area contributed by atoms with Crippen LogP contribution in [0, 0.1) is 0 Å². The molecule has 1 aliphatic rings. The van der Waals surface area contributed by atoms with Gasteiger partial charge in [0.1, 0.15) is 12.2 Å². The van der Waals surface area contributed by atoms with E-state index >= 15 is 0 Å². The Bertz CT molecular complexity index is 1470. The first-order valence-electron chi connectivity index (χ1n) is 11.1. The number of carbonyl (C=O) groups excluding carboxylic acids is 3. The average Bonchev–Trinajstić information content (AvgIpc) is 2.99. The summed E-state index contributed by atoms with van der Waals surface area (Å²) in [5.41, 5.74) is 2.82. The van der Waals surface area contributed by atoms with Gasteiger partial charge in [0.2, 0.25) is 11.8 Å². The molecular formula is C27H25Cl2N5O3. The predicted octanol–water partition coefficient (Wildman–Crippen LogP) is 5.40. The highest BCUT2D eigenvalue weighted by Gasteiger charge is 2.28. The Hall–Kier alpha value is -4.14. The fourth-order valence-corrected chi connectivity index (χ4v) is 4.22. The monoisotopic (exact) mass is 537 g/mol. The van der Waals surface area contributed by atoms with Crippen LogP contribution < -0.4 is 20.4 Å². The molecule has 4 aromatic rings. The average molecular weight is 538 g/mol. The molecule has 3 amide bonds. The van der Waals surface area contributed by atoms with Gasteiger partial charge in [-0.15, -0.1) is 24.8 Å². The smallest absolute Gasteiger partial charge is 0.259 e. The van der Waals surface area contributed by atoms with Crippen molar-refractivity contribution in [2.24, 2.45) is 0 Å². The fraction of sp³-hybridized carbons (Fsp3) is 0.111. The van der Waals surface area contributed by atoms with Gasteiger partial charge in [-0.3, -0.25) is 19.3 Å². The largest absolute Gasteiger partial charge is 0.362 e. The molecule has 190 valence electrons. The van der Waals surface area contributed by atoms with Crippen LogP contribution in [0.4, 0.5) is 28.6 Å². The summed E-state index contributed by atoms with van der Waals surface area (Å²) < 4.78 is 0. The number of aromatic nitrogens is 1. The molecule has 2 N–H and O–H groups in total. The van der Waals surface area contributed by atoms with E-state index in [0.717, 1.165) is 10.8 Å². The van der Waals surface area contributed by atoms with Crippen LogP contribution in [0.2, 0.25) is 0 Å². The number of rotatable bonds is 4. The summed E-state index contributed by atoms with van der Waals surface area (Å²) in [6.07, 6.45) is 1.37. The molecule has 0 spiro atoms. The maximum atomic E-state index is 13.1. The normalized spacial score (nSPS) is 12.4. The third-order valence-electron chi connectivity index (χ3n) is 5.81. The molecule has 2 heterocycles. The first kappa shape index (κ1) is 27.4. The summed E-state index contributed by atoms with van der Waals surface area (Å²) >= 11 is 0. The van der Waals surface area contributed by atoms with Crippen LogP contribution in [-0.4, -0.2) is 36.8 Å². The second kappa shape index (κ2) is 11.3. The van der Waals surface area contributed by atoms with Crippen molar-refractivity contribution in [3.8, 4) is 0 Å². The number of anilines is 5. The van der Waals surface area contributed by atoms with Crippen molar-refractivity contribution in [1.29, 1.82) is 0 Å². The number of nitrogens with one attached hydrogen (secondary N) is 2. The van der Waals surface area contributed by atoms with Crippen LogP contribution in [0.1, 0.15) is 16.8 Å². The second-order valence-electron chi connectivity index (χ2n) is 8.40. The molecule has 5 rings (SSSR count). The van der Waals surface area contributed by atoms with Gasteiger partial charge in [0.15, 0.2) is 0 Å². The lowest BCUT2D eigenvalue weighted by atomic mass is 10.1. The van der Waals surface area contributed by atoms with Crippen molar-refractivity contribution in [3.05, 3.63) is 84.6 Å². The Morgan fingerprint density at radius 3 is 2.41 bits per heavy atom. The van der Waals surface area contributed by atoms with E-state index in [0.29, 0.717) is 34.1 Å². The summed E-state index contributed by atoms with van der Waals surface area (Å²) in [5.74, 6) is -0.406. The number of halogens is 2. The molecule has 8 nitrogen and oxygen atoms in total. The second-order valence-corrected chi connectivity index (χ2v) is 8.40. The number of hydrogen-bond acceptors (Lipinski definition) is 5. The van der Waals surface area contributed by atoms with Gasteiger partial charge in [-0.2, -0.15) is 0 Å². The molecule has 37 heavy (non-hydrogen) atoms. The van der Waals surface area contributed by atoms with Gasteiger partial charge in [0.25, 0.3) is 5.91 Å². The van der Waals surface area contributed by atoms with E-state index in [1.54, 1.807) is 47.5 Å². The Morgan fingerprint density at radius 1 is 0.946 bits per heavy atom. The summed E-state index contributed by atoms with van der Waals surface area (Å²) in [6, 6.07) is 21.8. The molecule has 0 radical (unpaired) electrons. The van der Waals surface area contributed by atoms with Crippen LogP contribution >= 0.6 is 24.8 Å². The van der Waals surface area contributed by atoms with Gasteiger partial charge < -0.3 is 15.5 Å². The lowest BCUT2D eigenvalue weighted by molar-refractivity contribution is -0.124. The highest BCUT2D eigenvalue weighted by molar-refractivity contribution is 6.21. The van der Waals surface area contributed by atoms with E-state index in [4.69, 9.17) is 0 Å². The van der Waals surface area contributed by atoms with E-state index < -0.39 is 0 Å². The van der Waals surface area contributed by atoms with E-state index in [9.17, 15) is 14.4 Å². The third kappa shape index (κ3) is 5.35. The van der Waals surface area contributed by atoms with E-state index in [-0.39, 0.29) is 49.0 Å². The van der Waals surface area contributed by atoms with E-state index in [2.05, 4.69) is 15.6 Å². The Balaban J connectivity index is 0.00000190. The molecule has 0 fully saturated rings. The van der Waals surface area contributed by atoms with Crippen molar-refractivity contribution in [1.82, 2.24) is 4.98 Å². The van der Waals surface area contributed by atoms with Crippen LogP contribution in [0.3, 0.4) is 0 Å². The zero-order valence-electron chi connectivity index (χ0n) is 20.1. The Morgan fingerprint density at radius 2 is 1.68 bits per heavy atom. The van der Waals surface area contributed by atoms with Crippen LogP contribution in [0.25, 0.3) is 10.8 Å². The third-order valence-corrected chi connectivity index (χ3v) is 5.81. The lowest BCUT2D eigenvalue weighted by Gasteiger charge is -2.23. The van der Waals surface area contributed by atoms with Crippen molar-refractivity contribution < 1.29 is 14.4 Å².